The second-order valence-corrected chi connectivity index (χ2v) is 7.72. The normalized spacial score (nSPS) is 17.9. The van der Waals surface area contributed by atoms with E-state index in [1.165, 1.54) is 4.90 Å². The number of benzene rings is 2. The summed E-state index contributed by atoms with van der Waals surface area (Å²) in [5.74, 6) is -0.163. The average Bonchev–Trinajstić information content (AvgIpc) is 2.94. The van der Waals surface area contributed by atoms with Gasteiger partial charge in [-0.2, -0.15) is 17.9 Å². The molecule has 1 fully saturated rings. The lowest BCUT2D eigenvalue weighted by molar-refractivity contribution is -0.117. The number of hydrogen-bond donors (Lipinski definition) is 2. The van der Waals surface area contributed by atoms with Crippen molar-refractivity contribution in [3.05, 3.63) is 65.2 Å². The molecule has 0 spiro atoms. The summed E-state index contributed by atoms with van der Waals surface area (Å²) < 4.78 is 29.4. The molecule has 1 heterocycles. The van der Waals surface area contributed by atoms with Gasteiger partial charge in [-0.15, -0.1) is 0 Å². The standard InChI is InChI=1S/C17H18ClN3O3S/c18-15-8-4-5-9-16(15)21-12-14(10-17(21)22)20-25(23,24)19-11-13-6-2-1-3-7-13/h1-9,14,19-20H,10-12H2. The molecule has 0 bridgehead atoms. The van der Waals surface area contributed by atoms with Crippen LogP contribution >= 0.6 is 11.6 Å². The van der Waals surface area contributed by atoms with Gasteiger partial charge in [-0.1, -0.05) is 54.1 Å². The predicted molar refractivity (Wildman–Crippen MR) is 97.5 cm³/mol. The van der Waals surface area contributed by atoms with E-state index >= 15 is 0 Å². The van der Waals surface area contributed by atoms with E-state index in [0.717, 1.165) is 5.56 Å². The Morgan fingerprint density at radius 1 is 1.08 bits per heavy atom. The molecule has 0 radical (unpaired) electrons. The highest BCUT2D eigenvalue weighted by atomic mass is 35.5. The summed E-state index contributed by atoms with van der Waals surface area (Å²) in [7, 11) is -3.71. The van der Waals surface area contributed by atoms with E-state index in [2.05, 4.69) is 9.44 Å². The zero-order chi connectivity index (χ0) is 17.9. The van der Waals surface area contributed by atoms with Crippen molar-refractivity contribution >= 4 is 33.4 Å². The summed E-state index contributed by atoms with van der Waals surface area (Å²) in [4.78, 5) is 13.7. The summed E-state index contributed by atoms with van der Waals surface area (Å²) in [6.45, 7) is 0.430. The molecule has 3 rings (SSSR count). The second kappa shape index (κ2) is 7.53. The summed E-state index contributed by atoms with van der Waals surface area (Å²) >= 11 is 6.12. The number of carbonyl (C=O) groups is 1. The van der Waals surface area contributed by atoms with Crippen molar-refractivity contribution in [1.82, 2.24) is 9.44 Å². The summed E-state index contributed by atoms with van der Waals surface area (Å²) in [6.07, 6.45) is 0.0947. The Morgan fingerprint density at radius 3 is 2.48 bits per heavy atom. The fraction of sp³-hybridized carbons (Fsp3) is 0.235. The maximum Gasteiger partial charge on any atom is 0.277 e. The van der Waals surface area contributed by atoms with Crippen LogP contribution in [0.4, 0.5) is 5.69 Å². The molecule has 25 heavy (non-hydrogen) atoms. The zero-order valence-corrected chi connectivity index (χ0v) is 14.9. The first-order valence-electron chi connectivity index (χ1n) is 7.80. The molecule has 0 saturated carbocycles. The Kier molecular flexibility index (Phi) is 5.39. The highest BCUT2D eigenvalue weighted by molar-refractivity contribution is 7.87. The van der Waals surface area contributed by atoms with Crippen LogP contribution in [0.1, 0.15) is 12.0 Å². The number of hydrogen-bond acceptors (Lipinski definition) is 3. The molecule has 8 heteroatoms. The van der Waals surface area contributed by atoms with Crippen LogP contribution in [0.5, 0.6) is 0 Å². The van der Waals surface area contributed by atoms with Gasteiger partial charge in [-0.3, -0.25) is 4.79 Å². The van der Waals surface area contributed by atoms with E-state index in [4.69, 9.17) is 11.6 Å². The van der Waals surface area contributed by atoms with Gasteiger partial charge in [0.25, 0.3) is 10.2 Å². The smallest absolute Gasteiger partial charge is 0.277 e. The molecule has 1 aliphatic rings. The molecule has 1 saturated heterocycles. The molecule has 1 aliphatic heterocycles. The lowest BCUT2D eigenvalue weighted by atomic mass is 10.2. The average molecular weight is 380 g/mol. The molecule has 132 valence electrons. The highest BCUT2D eigenvalue weighted by Crippen LogP contribution is 2.29. The molecule has 1 atom stereocenters. The number of nitrogens with zero attached hydrogens (tertiary/aromatic N) is 1. The van der Waals surface area contributed by atoms with E-state index in [9.17, 15) is 13.2 Å². The third-order valence-corrected chi connectivity index (χ3v) is 5.39. The van der Waals surface area contributed by atoms with Gasteiger partial charge in [0.1, 0.15) is 0 Å². The number of carbonyl (C=O) groups excluding carboxylic acids is 1. The first-order valence-corrected chi connectivity index (χ1v) is 9.66. The molecule has 2 N–H and O–H groups in total. The SMILES string of the molecule is O=C1CC(NS(=O)(=O)NCc2ccccc2)CN1c1ccccc1Cl. The fourth-order valence-corrected chi connectivity index (χ4v) is 4.00. The fourth-order valence-electron chi connectivity index (χ4n) is 2.73. The predicted octanol–water partition coefficient (Wildman–Crippen LogP) is 2.07. The topological polar surface area (TPSA) is 78.5 Å². The largest absolute Gasteiger partial charge is 0.309 e. The molecular weight excluding hydrogens is 362 g/mol. The van der Waals surface area contributed by atoms with Crippen molar-refractivity contribution in [3.63, 3.8) is 0 Å². The number of para-hydroxylation sites is 1. The van der Waals surface area contributed by atoms with Crippen LogP contribution in [0.25, 0.3) is 0 Å². The first kappa shape index (κ1) is 17.9. The van der Waals surface area contributed by atoms with Crippen LogP contribution in [-0.4, -0.2) is 26.9 Å². The van der Waals surface area contributed by atoms with Crippen LogP contribution in [0.2, 0.25) is 5.02 Å². The van der Waals surface area contributed by atoms with E-state index in [1.54, 1.807) is 24.3 Å². The summed E-state index contributed by atoms with van der Waals surface area (Å²) in [6, 6.07) is 15.7. The maximum atomic E-state index is 12.2. The van der Waals surface area contributed by atoms with Crippen molar-refractivity contribution in [2.45, 2.75) is 19.0 Å². The first-order chi connectivity index (χ1) is 11.9. The van der Waals surface area contributed by atoms with E-state index < -0.39 is 16.3 Å². The lowest BCUT2D eigenvalue weighted by Gasteiger charge is -2.18. The summed E-state index contributed by atoms with van der Waals surface area (Å²) in [5, 5.41) is 0.460. The molecule has 2 aromatic rings. The van der Waals surface area contributed by atoms with Crippen LogP contribution in [-0.2, 0) is 21.5 Å². The molecule has 0 aromatic heterocycles. The van der Waals surface area contributed by atoms with Crippen molar-refractivity contribution in [2.75, 3.05) is 11.4 Å². The Balaban J connectivity index is 1.62. The third-order valence-electron chi connectivity index (χ3n) is 3.90. The Morgan fingerprint density at radius 2 is 1.76 bits per heavy atom. The monoisotopic (exact) mass is 379 g/mol. The van der Waals surface area contributed by atoms with Crippen LogP contribution in [0.15, 0.2) is 54.6 Å². The zero-order valence-electron chi connectivity index (χ0n) is 13.4. The van der Waals surface area contributed by atoms with Gasteiger partial charge in [0.2, 0.25) is 5.91 Å². The minimum atomic E-state index is -3.71. The summed E-state index contributed by atoms with van der Waals surface area (Å²) in [5.41, 5.74) is 1.45. The van der Waals surface area contributed by atoms with Gasteiger partial charge in [0.05, 0.1) is 10.7 Å². The van der Waals surface area contributed by atoms with Gasteiger partial charge in [-0.25, -0.2) is 0 Å². The molecule has 0 aliphatic carbocycles. The minimum Gasteiger partial charge on any atom is -0.309 e. The quantitative estimate of drug-likeness (QED) is 0.806. The van der Waals surface area contributed by atoms with Gasteiger partial charge in [0, 0.05) is 25.6 Å². The van der Waals surface area contributed by atoms with Crippen molar-refractivity contribution in [2.24, 2.45) is 0 Å². The van der Waals surface area contributed by atoms with Crippen molar-refractivity contribution in [1.29, 1.82) is 0 Å². The van der Waals surface area contributed by atoms with Gasteiger partial charge in [-0.05, 0) is 17.7 Å². The van der Waals surface area contributed by atoms with E-state index in [-0.39, 0.29) is 25.4 Å². The third kappa shape index (κ3) is 4.58. The Labute approximate surface area is 152 Å². The van der Waals surface area contributed by atoms with Crippen molar-refractivity contribution in [3.8, 4) is 0 Å². The molecule has 6 nitrogen and oxygen atoms in total. The molecule has 2 aromatic carbocycles. The Hall–Kier alpha value is -1.93. The minimum absolute atomic E-state index is 0.0947. The number of halogens is 1. The Bertz CT molecular complexity index is 858. The second-order valence-electron chi connectivity index (χ2n) is 5.78. The molecule has 1 amide bonds. The van der Waals surface area contributed by atoms with E-state index in [1.807, 2.05) is 30.3 Å². The number of anilines is 1. The maximum absolute atomic E-state index is 12.2. The van der Waals surface area contributed by atoms with Crippen LogP contribution < -0.4 is 14.3 Å². The number of rotatable bonds is 6. The number of nitrogens with one attached hydrogen (secondary N) is 2. The highest BCUT2D eigenvalue weighted by Gasteiger charge is 2.33. The van der Waals surface area contributed by atoms with Crippen molar-refractivity contribution < 1.29 is 13.2 Å². The number of amides is 1. The van der Waals surface area contributed by atoms with Crippen LogP contribution in [0.3, 0.4) is 0 Å². The molecular formula is C17H18ClN3O3S. The lowest BCUT2D eigenvalue weighted by Crippen LogP contribution is -2.43. The van der Waals surface area contributed by atoms with E-state index in [0.29, 0.717) is 10.7 Å². The van der Waals surface area contributed by atoms with Gasteiger partial charge in [0.15, 0.2) is 0 Å². The van der Waals surface area contributed by atoms with Gasteiger partial charge >= 0.3 is 0 Å². The van der Waals surface area contributed by atoms with Gasteiger partial charge < -0.3 is 4.90 Å². The molecule has 1 unspecified atom stereocenters. The van der Waals surface area contributed by atoms with Crippen LogP contribution in [0, 0.1) is 0 Å².